The van der Waals surface area contributed by atoms with Crippen LogP contribution in [0.5, 0.6) is 0 Å². The zero-order chi connectivity index (χ0) is 18.9. The van der Waals surface area contributed by atoms with Crippen molar-refractivity contribution in [3.05, 3.63) is 52.9 Å². The fourth-order valence-electron chi connectivity index (χ4n) is 2.69. The molecule has 0 spiro atoms. The van der Waals surface area contributed by atoms with Gasteiger partial charge in [-0.15, -0.1) is 0 Å². The molecule has 1 aromatic heterocycles. The van der Waals surface area contributed by atoms with Crippen molar-refractivity contribution in [1.82, 2.24) is 5.01 Å². The van der Waals surface area contributed by atoms with Gasteiger partial charge in [-0.2, -0.15) is 5.10 Å². The van der Waals surface area contributed by atoms with Gasteiger partial charge in [0, 0.05) is 19.0 Å². The topological polar surface area (TPSA) is 92.0 Å². The number of furan rings is 1. The Morgan fingerprint density at radius 1 is 1.31 bits per heavy atom. The van der Waals surface area contributed by atoms with E-state index >= 15 is 0 Å². The van der Waals surface area contributed by atoms with E-state index in [2.05, 4.69) is 9.82 Å². The maximum absolute atomic E-state index is 11.9. The van der Waals surface area contributed by atoms with Gasteiger partial charge in [0.2, 0.25) is 15.9 Å². The molecule has 1 aliphatic rings. The zero-order valence-corrected chi connectivity index (χ0v) is 15.8. The molecule has 0 radical (unpaired) electrons. The Morgan fingerprint density at radius 2 is 2.00 bits per heavy atom. The van der Waals surface area contributed by atoms with Crippen LogP contribution < -0.4 is 4.72 Å². The lowest BCUT2D eigenvalue weighted by atomic mass is 10.0. The first kappa shape index (κ1) is 18.5. The maximum Gasteiger partial charge on any atom is 0.240 e. The van der Waals surface area contributed by atoms with E-state index in [0.29, 0.717) is 23.6 Å². The van der Waals surface area contributed by atoms with Gasteiger partial charge < -0.3 is 4.42 Å². The SMILES string of the molecule is CCS(=O)(=O)Nc1ccc(C2=NN(C(C)=O)[C@@H](c3ccc(Cl)o3)C2)cc1. The van der Waals surface area contributed by atoms with Gasteiger partial charge in [-0.05, 0) is 48.4 Å². The van der Waals surface area contributed by atoms with E-state index < -0.39 is 10.0 Å². The molecule has 1 atom stereocenters. The van der Waals surface area contributed by atoms with E-state index in [1.165, 1.54) is 11.9 Å². The summed E-state index contributed by atoms with van der Waals surface area (Å²) in [6.07, 6.45) is 0.476. The molecule has 9 heteroatoms. The molecule has 7 nitrogen and oxygen atoms in total. The molecule has 0 saturated carbocycles. The molecule has 1 amide bonds. The van der Waals surface area contributed by atoms with Gasteiger partial charge in [0.05, 0.1) is 11.5 Å². The second-order valence-electron chi connectivity index (χ2n) is 5.85. The number of nitrogens with one attached hydrogen (secondary N) is 1. The van der Waals surface area contributed by atoms with Gasteiger partial charge in [-0.3, -0.25) is 9.52 Å². The molecular weight excluding hydrogens is 378 g/mol. The minimum absolute atomic E-state index is 0.00240. The van der Waals surface area contributed by atoms with Gasteiger partial charge in [0.1, 0.15) is 11.8 Å². The van der Waals surface area contributed by atoms with Crippen LogP contribution in [0.4, 0.5) is 5.69 Å². The summed E-state index contributed by atoms with van der Waals surface area (Å²) in [5.41, 5.74) is 1.99. The summed E-state index contributed by atoms with van der Waals surface area (Å²) in [5.74, 6) is 0.365. The van der Waals surface area contributed by atoms with Crippen LogP contribution in [0.1, 0.15) is 37.6 Å². The quantitative estimate of drug-likeness (QED) is 0.839. The second kappa shape index (κ2) is 7.13. The number of anilines is 1. The van der Waals surface area contributed by atoms with Crippen LogP contribution in [-0.2, 0) is 14.8 Å². The van der Waals surface area contributed by atoms with E-state index in [-0.39, 0.29) is 22.9 Å². The number of hydrazone groups is 1. The summed E-state index contributed by atoms with van der Waals surface area (Å²) >= 11 is 5.84. The molecule has 0 unspecified atom stereocenters. The molecule has 0 bridgehead atoms. The first-order valence-corrected chi connectivity index (χ1v) is 10.1. The summed E-state index contributed by atoms with van der Waals surface area (Å²) < 4.78 is 31.2. The first-order chi connectivity index (χ1) is 12.3. The van der Waals surface area contributed by atoms with E-state index in [9.17, 15) is 13.2 Å². The van der Waals surface area contributed by atoms with Gasteiger partial charge in [0.15, 0.2) is 5.22 Å². The van der Waals surface area contributed by atoms with E-state index in [0.717, 1.165) is 5.56 Å². The van der Waals surface area contributed by atoms with E-state index in [4.69, 9.17) is 16.0 Å². The van der Waals surface area contributed by atoms with Crippen LogP contribution >= 0.6 is 11.6 Å². The lowest BCUT2D eigenvalue weighted by molar-refractivity contribution is -0.130. The molecule has 0 fully saturated rings. The van der Waals surface area contributed by atoms with Crippen LogP contribution in [0.3, 0.4) is 0 Å². The number of nitrogens with zero attached hydrogens (tertiary/aromatic N) is 2. The Hall–Kier alpha value is -2.32. The normalized spacial score (nSPS) is 17.3. The summed E-state index contributed by atoms with van der Waals surface area (Å²) in [5, 5.41) is 6.03. The molecule has 138 valence electrons. The summed E-state index contributed by atoms with van der Waals surface area (Å²) in [6, 6.07) is 9.87. The Morgan fingerprint density at radius 3 is 2.54 bits per heavy atom. The highest BCUT2D eigenvalue weighted by Gasteiger charge is 2.33. The number of halogens is 1. The average molecular weight is 396 g/mol. The van der Waals surface area contributed by atoms with Crippen LogP contribution in [-0.4, -0.2) is 30.8 Å². The van der Waals surface area contributed by atoms with Gasteiger partial charge in [-0.25, -0.2) is 13.4 Å². The Kier molecular flexibility index (Phi) is 5.06. The van der Waals surface area contributed by atoms with Crippen LogP contribution in [0, 0.1) is 0 Å². The van der Waals surface area contributed by atoms with Crippen LogP contribution in [0.2, 0.25) is 5.22 Å². The average Bonchev–Trinajstić information content (AvgIpc) is 3.21. The van der Waals surface area contributed by atoms with Gasteiger partial charge in [-0.1, -0.05) is 12.1 Å². The highest BCUT2D eigenvalue weighted by Crippen LogP contribution is 2.34. The molecule has 2 aromatic rings. The summed E-state index contributed by atoms with van der Waals surface area (Å²) in [6.45, 7) is 3.01. The lowest BCUT2D eigenvalue weighted by Crippen LogP contribution is -2.23. The molecule has 26 heavy (non-hydrogen) atoms. The number of carbonyl (C=O) groups excluding carboxylic acids is 1. The predicted molar refractivity (Wildman–Crippen MR) is 99.7 cm³/mol. The summed E-state index contributed by atoms with van der Waals surface area (Å²) in [4.78, 5) is 11.9. The lowest BCUT2D eigenvalue weighted by Gasteiger charge is -2.17. The molecule has 2 heterocycles. The van der Waals surface area contributed by atoms with Gasteiger partial charge >= 0.3 is 0 Å². The van der Waals surface area contributed by atoms with Crippen molar-refractivity contribution in [3.63, 3.8) is 0 Å². The van der Waals surface area contributed by atoms with Crippen molar-refractivity contribution in [2.75, 3.05) is 10.5 Å². The third-order valence-electron chi connectivity index (χ3n) is 4.03. The summed E-state index contributed by atoms with van der Waals surface area (Å²) in [7, 11) is -3.32. The van der Waals surface area contributed by atoms with Crippen molar-refractivity contribution in [2.45, 2.75) is 26.3 Å². The van der Waals surface area contributed by atoms with Crippen molar-refractivity contribution in [3.8, 4) is 0 Å². The molecule has 1 N–H and O–H groups in total. The van der Waals surface area contributed by atoms with Crippen LogP contribution in [0.25, 0.3) is 0 Å². The fraction of sp³-hybridized carbons (Fsp3) is 0.294. The smallest absolute Gasteiger partial charge is 0.240 e. The minimum atomic E-state index is -3.32. The monoisotopic (exact) mass is 395 g/mol. The van der Waals surface area contributed by atoms with Crippen molar-refractivity contribution in [2.24, 2.45) is 5.10 Å². The standard InChI is InChI=1S/C17H18ClN3O4S/c1-3-26(23,24)20-13-6-4-12(5-7-13)14-10-15(21(19-14)11(2)22)16-8-9-17(18)25-16/h4-9,15,20H,3,10H2,1-2H3/t15-/m1/s1. The van der Waals surface area contributed by atoms with Crippen LogP contribution in [0.15, 0.2) is 45.9 Å². The highest BCUT2D eigenvalue weighted by atomic mass is 35.5. The number of rotatable bonds is 5. The molecule has 1 aromatic carbocycles. The number of amides is 1. The maximum atomic E-state index is 11.9. The Labute approximate surface area is 156 Å². The number of benzene rings is 1. The number of hydrogen-bond donors (Lipinski definition) is 1. The molecular formula is C17H18ClN3O4S. The number of sulfonamides is 1. The van der Waals surface area contributed by atoms with Crippen molar-refractivity contribution in [1.29, 1.82) is 0 Å². The first-order valence-electron chi connectivity index (χ1n) is 8.02. The third kappa shape index (κ3) is 3.91. The van der Waals surface area contributed by atoms with E-state index in [1.807, 2.05) is 0 Å². The fourth-order valence-corrected chi connectivity index (χ4v) is 3.48. The van der Waals surface area contributed by atoms with Gasteiger partial charge in [0.25, 0.3) is 0 Å². The van der Waals surface area contributed by atoms with Crippen molar-refractivity contribution >= 4 is 38.9 Å². The van der Waals surface area contributed by atoms with E-state index in [1.54, 1.807) is 43.3 Å². The largest absolute Gasteiger partial charge is 0.447 e. The molecule has 0 aliphatic carbocycles. The minimum Gasteiger partial charge on any atom is -0.447 e. The predicted octanol–water partition coefficient (Wildman–Crippen LogP) is 3.39. The Bertz CT molecular complexity index is 951. The molecule has 1 aliphatic heterocycles. The zero-order valence-electron chi connectivity index (χ0n) is 14.3. The molecule has 3 rings (SSSR count). The second-order valence-corrected chi connectivity index (χ2v) is 8.24. The number of hydrogen-bond acceptors (Lipinski definition) is 5. The molecule has 0 saturated heterocycles. The third-order valence-corrected chi connectivity index (χ3v) is 5.54. The van der Waals surface area contributed by atoms with Crippen molar-refractivity contribution < 1.29 is 17.6 Å². The number of carbonyl (C=O) groups is 1. The highest BCUT2D eigenvalue weighted by molar-refractivity contribution is 7.92. The Balaban J connectivity index is 1.83.